The highest BCUT2D eigenvalue weighted by Crippen LogP contribution is 2.41. The van der Waals surface area contributed by atoms with Crippen LogP contribution in [0.1, 0.15) is 49.3 Å². The van der Waals surface area contributed by atoms with Crippen LogP contribution >= 0.6 is 0 Å². The van der Waals surface area contributed by atoms with Gasteiger partial charge in [0.25, 0.3) is 0 Å². The Kier molecular flexibility index (Phi) is 3.31. The number of hydrogen-bond donors (Lipinski definition) is 2. The number of fused-ring (bicyclic) bond motifs is 1. The summed E-state index contributed by atoms with van der Waals surface area (Å²) in [6.07, 6.45) is 6.35. The van der Waals surface area contributed by atoms with Crippen molar-refractivity contribution in [3.63, 3.8) is 0 Å². The molecule has 1 unspecified atom stereocenters. The number of carbonyl (C=O) groups is 1. The molecule has 2 aliphatic rings. The Hall–Kier alpha value is -1.35. The van der Waals surface area contributed by atoms with Crippen LogP contribution in [0, 0.1) is 5.41 Å². The highest BCUT2D eigenvalue weighted by Gasteiger charge is 2.43. The van der Waals surface area contributed by atoms with Gasteiger partial charge in [-0.05, 0) is 43.2 Å². The summed E-state index contributed by atoms with van der Waals surface area (Å²) in [5.74, 6) is 0.169. The number of nitrogens with two attached hydrogens (primary N) is 1. The van der Waals surface area contributed by atoms with Gasteiger partial charge < -0.3 is 11.1 Å². The van der Waals surface area contributed by atoms with Crippen molar-refractivity contribution in [1.29, 1.82) is 0 Å². The molecule has 19 heavy (non-hydrogen) atoms. The molecule has 1 atom stereocenters. The molecular weight excluding hydrogens is 236 g/mol. The highest BCUT2D eigenvalue weighted by atomic mass is 16.2. The first-order chi connectivity index (χ1) is 9.25. The maximum Gasteiger partial charge on any atom is 0.227 e. The maximum absolute atomic E-state index is 12.5. The number of carbonyl (C=O) groups excluding carboxylic acids is 1. The summed E-state index contributed by atoms with van der Waals surface area (Å²) in [5, 5.41) is 3.25. The van der Waals surface area contributed by atoms with E-state index in [1.54, 1.807) is 0 Å². The predicted molar refractivity (Wildman–Crippen MR) is 75.6 cm³/mol. The van der Waals surface area contributed by atoms with Gasteiger partial charge in [0.1, 0.15) is 0 Å². The van der Waals surface area contributed by atoms with E-state index in [9.17, 15) is 4.79 Å². The van der Waals surface area contributed by atoms with Crippen LogP contribution in [0.4, 0.5) is 0 Å². The minimum absolute atomic E-state index is 0.169. The van der Waals surface area contributed by atoms with Gasteiger partial charge in [0.15, 0.2) is 0 Å². The number of rotatable bonds is 3. The molecule has 1 saturated carbocycles. The molecule has 0 spiro atoms. The Morgan fingerprint density at radius 2 is 2.11 bits per heavy atom. The third kappa shape index (κ3) is 2.16. The van der Waals surface area contributed by atoms with Crippen molar-refractivity contribution in [2.75, 3.05) is 6.54 Å². The zero-order chi connectivity index (χ0) is 13.3. The largest absolute Gasteiger partial charge is 0.349 e. The Bertz CT molecular complexity index is 474. The molecule has 0 aromatic heterocycles. The van der Waals surface area contributed by atoms with Crippen molar-refractivity contribution < 1.29 is 4.79 Å². The van der Waals surface area contributed by atoms with Crippen molar-refractivity contribution in [2.45, 2.75) is 44.6 Å². The first kappa shape index (κ1) is 12.7. The lowest BCUT2D eigenvalue weighted by molar-refractivity contribution is -0.136. The van der Waals surface area contributed by atoms with Gasteiger partial charge in [-0.3, -0.25) is 4.79 Å². The fourth-order valence-electron chi connectivity index (χ4n) is 3.34. The van der Waals surface area contributed by atoms with Gasteiger partial charge >= 0.3 is 0 Å². The van der Waals surface area contributed by atoms with Crippen molar-refractivity contribution >= 4 is 5.91 Å². The van der Waals surface area contributed by atoms with Gasteiger partial charge in [-0.15, -0.1) is 0 Å². The molecule has 102 valence electrons. The van der Waals surface area contributed by atoms with E-state index in [4.69, 9.17) is 5.73 Å². The zero-order valence-corrected chi connectivity index (χ0v) is 11.3. The summed E-state index contributed by atoms with van der Waals surface area (Å²) >= 11 is 0. The lowest BCUT2D eigenvalue weighted by Gasteiger charge is -2.40. The topological polar surface area (TPSA) is 55.1 Å². The molecule has 1 aromatic carbocycles. The second-order valence-electron chi connectivity index (χ2n) is 5.96. The van der Waals surface area contributed by atoms with Crippen LogP contribution in [-0.2, 0) is 11.2 Å². The first-order valence-corrected chi connectivity index (χ1v) is 7.34. The average molecular weight is 258 g/mol. The molecule has 3 rings (SSSR count). The molecule has 0 bridgehead atoms. The Balaban J connectivity index is 1.76. The van der Waals surface area contributed by atoms with E-state index < -0.39 is 0 Å². The number of aryl methyl sites for hydroxylation is 1. The van der Waals surface area contributed by atoms with Crippen LogP contribution in [0.15, 0.2) is 24.3 Å². The van der Waals surface area contributed by atoms with Crippen molar-refractivity contribution in [3.05, 3.63) is 35.4 Å². The minimum Gasteiger partial charge on any atom is -0.349 e. The minimum atomic E-state index is -0.271. The summed E-state index contributed by atoms with van der Waals surface area (Å²) in [6.45, 7) is 0.479. The summed E-state index contributed by atoms with van der Waals surface area (Å²) < 4.78 is 0. The van der Waals surface area contributed by atoms with Crippen LogP contribution in [0.25, 0.3) is 0 Å². The van der Waals surface area contributed by atoms with E-state index in [-0.39, 0.29) is 17.4 Å². The number of nitrogens with one attached hydrogen (secondary N) is 1. The monoisotopic (exact) mass is 258 g/mol. The smallest absolute Gasteiger partial charge is 0.227 e. The molecule has 0 aliphatic heterocycles. The quantitative estimate of drug-likeness (QED) is 0.874. The van der Waals surface area contributed by atoms with Crippen molar-refractivity contribution in [3.8, 4) is 0 Å². The molecule has 1 amide bonds. The Morgan fingerprint density at radius 3 is 2.79 bits per heavy atom. The fraction of sp³-hybridized carbons (Fsp3) is 0.562. The number of benzene rings is 1. The van der Waals surface area contributed by atoms with Gasteiger partial charge in [-0.25, -0.2) is 0 Å². The van der Waals surface area contributed by atoms with Gasteiger partial charge in [0.2, 0.25) is 5.91 Å². The summed E-state index contributed by atoms with van der Waals surface area (Å²) in [4.78, 5) is 12.5. The van der Waals surface area contributed by atoms with Crippen LogP contribution in [0.2, 0.25) is 0 Å². The normalized spacial score (nSPS) is 24.2. The zero-order valence-electron chi connectivity index (χ0n) is 11.3. The van der Waals surface area contributed by atoms with Crippen molar-refractivity contribution in [2.24, 2.45) is 11.1 Å². The van der Waals surface area contributed by atoms with E-state index in [1.165, 1.54) is 11.1 Å². The maximum atomic E-state index is 12.5. The van der Waals surface area contributed by atoms with Crippen LogP contribution < -0.4 is 11.1 Å². The van der Waals surface area contributed by atoms with Gasteiger partial charge in [0, 0.05) is 6.54 Å². The molecule has 3 heteroatoms. The Labute approximate surface area is 114 Å². The standard InChI is InChI=1S/C16H22N2O/c17-11-16(9-4-10-16)15(19)18-14-8-3-6-12-5-1-2-7-13(12)14/h1-2,5,7,14H,3-4,6,8-11,17H2,(H,18,19). The van der Waals surface area contributed by atoms with E-state index in [2.05, 4.69) is 29.6 Å². The van der Waals surface area contributed by atoms with E-state index >= 15 is 0 Å². The number of hydrogen-bond acceptors (Lipinski definition) is 2. The number of amides is 1. The predicted octanol–water partition coefficient (Wildman–Crippen LogP) is 2.31. The Morgan fingerprint density at radius 1 is 1.32 bits per heavy atom. The molecule has 2 aliphatic carbocycles. The summed E-state index contributed by atoms with van der Waals surface area (Å²) in [5.41, 5.74) is 8.22. The van der Waals surface area contributed by atoms with Gasteiger partial charge in [0.05, 0.1) is 11.5 Å². The third-order valence-corrected chi connectivity index (χ3v) is 4.86. The molecule has 3 nitrogen and oxygen atoms in total. The second kappa shape index (κ2) is 4.97. The highest BCUT2D eigenvalue weighted by molar-refractivity contribution is 5.84. The van der Waals surface area contributed by atoms with Gasteiger partial charge in [-0.2, -0.15) is 0 Å². The van der Waals surface area contributed by atoms with E-state index in [0.29, 0.717) is 6.54 Å². The molecule has 0 saturated heterocycles. The lowest BCUT2D eigenvalue weighted by Crippen LogP contribution is -2.51. The molecular formula is C16H22N2O. The van der Waals surface area contributed by atoms with E-state index in [1.807, 2.05) is 0 Å². The fourth-order valence-corrected chi connectivity index (χ4v) is 3.34. The van der Waals surface area contributed by atoms with Gasteiger partial charge in [-0.1, -0.05) is 30.7 Å². The van der Waals surface area contributed by atoms with Crippen molar-refractivity contribution in [1.82, 2.24) is 5.32 Å². The SMILES string of the molecule is NCC1(C(=O)NC2CCCc3ccccc32)CCC1. The van der Waals surface area contributed by atoms with Crippen LogP contribution in [0.3, 0.4) is 0 Å². The summed E-state index contributed by atoms with van der Waals surface area (Å²) in [6, 6.07) is 8.65. The first-order valence-electron chi connectivity index (χ1n) is 7.34. The van der Waals surface area contributed by atoms with Crippen LogP contribution in [-0.4, -0.2) is 12.5 Å². The molecule has 0 radical (unpaired) electrons. The third-order valence-electron chi connectivity index (χ3n) is 4.86. The van der Waals surface area contributed by atoms with Crippen LogP contribution in [0.5, 0.6) is 0 Å². The lowest BCUT2D eigenvalue weighted by atomic mass is 9.68. The molecule has 0 heterocycles. The molecule has 1 fully saturated rings. The van der Waals surface area contributed by atoms with E-state index in [0.717, 1.165) is 38.5 Å². The second-order valence-corrected chi connectivity index (χ2v) is 5.96. The molecule has 1 aromatic rings. The average Bonchev–Trinajstić information content (AvgIpc) is 2.38. The molecule has 3 N–H and O–H groups in total. The summed E-state index contributed by atoms with van der Waals surface area (Å²) in [7, 11) is 0.